The minimum atomic E-state index is -3.03. The molecule has 3 heterocycles. The molecule has 1 atom stereocenters. The summed E-state index contributed by atoms with van der Waals surface area (Å²) >= 11 is 0. The number of rotatable bonds is 3. The Bertz CT molecular complexity index is 753. The van der Waals surface area contributed by atoms with Crippen LogP contribution in [0.5, 0.6) is 5.88 Å². The minimum absolute atomic E-state index is 0.251. The molecule has 2 N–H and O–H groups in total. The molecule has 0 saturated carbocycles. The van der Waals surface area contributed by atoms with E-state index in [1.807, 2.05) is 0 Å². The molecule has 1 aliphatic rings. The average molecular weight is 296 g/mol. The van der Waals surface area contributed by atoms with E-state index in [-0.39, 0.29) is 11.7 Å². The van der Waals surface area contributed by atoms with Gasteiger partial charge in [0.05, 0.1) is 18.1 Å². The van der Waals surface area contributed by atoms with Crippen LogP contribution in [0.4, 0.5) is 5.95 Å². The van der Waals surface area contributed by atoms with Gasteiger partial charge in [0, 0.05) is 12.6 Å². The molecule has 1 fully saturated rings. The zero-order valence-electron chi connectivity index (χ0n) is 11.1. The number of ether oxygens (including phenoxy) is 1. The number of imidazole rings is 1. The number of fused-ring (bicyclic) bond motifs is 1. The number of nitrogens with zero attached hydrogens (tertiary/aromatic N) is 3. The van der Waals surface area contributed by atoms with E-state index >= 15 is 0 Å². The number of sulfone groups is 1. The Morgan fingerprint density at radius 3 is 2.90 bits per heavy atom. The SMILES string of the molecule is COc1ccc2nc(N)n(CC3CCCS3(=O)=O)c2n1. The maximum Gasteiger partial charge on any atom is 0.215 e. The van der Waals surface area contributed by atoms with Gasteiger partial charge in [0.25, 0.3) is 0 Å². The number of aromatic nitrogens is 3. The highest BCUT2D eigenvalue weighted by atomic mass is 32.2. The van der Waals surface area contributed by atoms with Gasteiger partial charge >= 0.3 is 0 Å². The summed E-state index contributed by atoms with van der Waals surface area (Å²) in [6.07, 6.45) is 1.36. The fraction of sp³-hybridized carbons (Fsp3) is 0.500. The van der Waals surface area contributed by atoms with Crippen LogP contribution < -0.4 is 10.5 Å². The maximum atomic E-state index is 11.9. The van der Waals surface area contributed by atoms with Crippen LogP contribution in [0.1, 0.15) is 12.8 Å². The van der Waals surface area contributed by atoms with Crippen LogP contribution in [-0.4, -0.2) is 41.1 Å². The van der Waals surface area contributed by atoms with E-state index in [4.69, 9.17) is 10.5 Å². The molecule has 2 aromatic heterocycles. The standard InChI is InChI=1S/C12H16N4O3S/c1-19-10-5-4-9-11(15-10)16(12(13)14-9)7-8-3-2-6-20(8,17)18/h4-5,8H,2-3,6-7H2,1H3,(H2,13,14). The fourth-order valence-corrected chi connectivity index (χ4v) is 4.37. The Balaban J connectivity index is 2.04. The molecule has 0 spiro atoms. The molecule has 108 valence electrons. The first kappa shape index (κ1) is 13.2. The molecule has 8 heteroatoms. The van der Waals surface area contributed by atoms with Crippen molar-refractivity contribution in [3.63, 3.8) is 0 Å². The molecular weight excluding hydrogens is 280 g/mol. The summed E-state index contributed by atoms with van der Waals surface area (Å²) in [5, 5.41) is -0.407. The Morgan fingerprint density at radius 1 is 1.45 bits per heavy atom. The molecule has 0 aliphatic carbocycles. The van der Waals surface area contributed by atoms with Crippen molar-refractivity contribution in [2.45, 2.75) is 24.6 Å². The average Bonchev–Trinajstić information content (AvgIpc) is 2.90. The fourth-order valence-electron chi connectivity index (χ4n) is 2.56. The van der Waals surface area contributed by atoms with E-state index in [0.717, 1.165) is 0 Å². The van der Waals surface area contributed by atoms with E-state index in [1.54, 1.807) is 16.7 Å². The molecule has 3 rings (SSSR count). The van der Waals surface area contributed by atoms with Gasteiger partial charge in [0.1, 0.15) is 5.52 Å². The summed E-state index contributed by atoms with van der Waals surface area (Å²) in [5.41, 5.74) is 7.08. The summed E-state index contributed by atoms with van der Waals surface area (Å²) in [6.45, 7) is 0.296. The molecule has 1 aliphatic heterocycles. The van der Waals surface area contributed by atoms with Crippen molar-refractivity contribution in [1.82, 2.24) is 14.5 Å². The highest BCUT2D eigenvalue weighted by Gasteiger charge is 2.32. The van der Waals surface area contributed by atoms with E-state index in [0.29, 0.717) is 36.4 Å². The maximum absolute atomic E-state index is 11.9. The van der Waals surface area contributed by atoms with Crippen molar-refractivity contribution in [2.75, 3.05) is 18.6 Å². The van der Waals surface area contributed by atoms with E-state index in [9.17, 15) is 8.42 Å². The number of nitrogen functional groups attached to an aromatic ring is 1. The quantitative estimate of drug-likeness (QED) is 0.890. The summed E-state index contributed by atoms with van der Waals surface area (Å²) in [7, 11) is -1.50. The first-order chi connectivity index (χ1) is 9.51. The zero-order chi connectivity index (χ0) is 14.3. The largest absolute Gasteiger partial charge is 0.481 e. The Hall–Kier alpha value is -1.83. The summed E-state index contributed by atoms with van der Waals surface area (Å²) in [5.74, 6) is 0.983. The summed E-state index contributed by atoms with van der Waals surface area (Å²) in [4.78, 5) is 8.51. The second kappa shape index (κ2) is 4.62. The third kappa shape index (κ3) is 2.09. The molecule has 1 unspecified atom stereocenters. The Morgan fingerprint density at radius 2 is 2.25 bits per heavy atom. The van der Waals surface area contributed by atoms with Crippen LogP contribution in [0.25, 0.3) is 11.2 Å². The van der Waals surface area contributed by atoms with Gasteiger partial charge in [0.2, 0.25) is 11.8 Å². The van der Waals surface area contributed by atoms with E-state index in [2.05, 4.69) is 9.97 Å². The second-order valence-corrected chi connectivity index (χ2v) is 7.31. The number of anilines is 1. The van der Waals surface area contributed by atoms with Gasteiger partial charge in [-0.3, -0.25) is 4.57 Å². The lowest BCUT2D eigenvalue weighted by Gasteiger charge is -2.12. The Labute approximate surface area is 116 Å². The van der Waals surface area contributed by atoms with Gasteiger partial charge in [-0.05, 0) is 18.9 Å². The molecule has 1 saturated heterocycles. The molecule has 7 nitrogen and oxygen atoms in total. The lowest BCUT2D eigenvalue weighted by atomic mass is 10.2. The van der Waals surface area contributed by atoms with Crippen molar-refractivity contribution >= 4 is 26.9 Å². The highest BCUT2D eigenvalue weighted by molar-refractivity contribution is 7.92. The lowest BCUT2D eigenvalue weighted by Crippen LogP contribution is -2.23. The van der Waals surface area contributed by atoms with Crippen molar-refractivity contribution < 1.29 is 13.2 Å². The number of nitrogens with two attached hydrogens (primary N) is 1. The predicted molar refractivity (Wildman–Crippen MR) is 75.3 cm³/mol. The monoisotopic (exact) mass is 296 g/mol. The van der Waals surface area contributed by atoms with Crippen LogP contribution in [-0.2, 0) is 16.4 Å². The first-order valence-corrected chi connectivity index (χ1v) is 8.11. The number of pyridine rings is 1. The zero-order valence-corrected chi connectivity index (χ0v) is 11.9. The Kier molecular flexibility index (Phi) is 3.04. The second-order valence-electron chi connectivity index (χ2n) is 4.91. The highest BCUT2D eigenvalue weighted by Crippen LogP contribution is 2.25. The molecular formula is C12H16N4O3S. The molecule has 0 bridgehead atoms. The molecule has 20 heavy (non-hydrogen) atoms. The number of hydrogen-bond acceptors (Lipinski definition) is 6. The topological polar surface area (TPSA) is 100 Å². The molecule has 2 aromatic rings. The first-order valence-electron chi connectivity index (χ1n) is 6.39. The van der Waals surface area contributed by atoms with Gasteiger partial charge in [-0.15, -0.1) is 0 Å². The number of hydrogen-bond donors (Lipinski definition) is 1. The summed E-state index contributed by atoms with van der Waals surface area (Å²) < 4.78 is 30.6. The van der Waals surface area contributed by atoms with Crippen molar-refractivity contribution in [3.05, 3.63) is 12.1 Å². The van der Waals surface area contributed by atoms with Crippen molar-refractivity contribution in [1.29, 1.82) is 0 Å². The minimum Gasteiger partial charge on any atom is -0.481 e. The predicted octanol–water partition coefficient (Wildman–Crippen LogP) is 0.599. The van der Waals surface area contributed by atoms with Crippen LogP contribution in [0, 0.1) is 0 Å². The van der Waals surface area contributed by atoms with Gasteiger partial charge in [0.15, 0.2) is 15.5 Å². The van der Waals surface area contributed by atoms with Crippen LogP contribution in [0.15, 0.2) is 12.1 Å². The third-order valence-electron chi connectivity index (χ3n) is 3.65. The summed E-state index contributed by atoms with van der Waals surface area (Å²) in [6, 6.07) is 3.46. The van der Waals surface area contributed by atoms with Crippen LogP contribution in [0.3, 0.4) is 0 Å². The van der Waals surface area contributed by atoms with Crippen molar-refractivity contribution in [3.8, 4) is 5.88 Å². The lowest BCUT2D eigenvalue weighted by molar-refractivity contribution is 0.399. The van der Waals surface area contributed by atoms with E-state index < -0.39 is 15.1 Å². The van der Waals surface area contributed by atoms with Gasteiger partial charge in [-0.25, -0.2) is 13.4 Å². The van der Waals surface area contributed by atoms with Crippen LogP contribution >= 0.6 is 0 Å². The van der Waals surface area contributed by atoms with Gasteiger partial charge in [-0.2, -0.15) is 4.98 Å². The third-order valence-corrected chi connectivity index (χ3v) is 5.91. The van der Waals surface area contributed by atoms with E-state index in [1.165, 1.54) is 7.11 Å². The number of methoxy groups -OCH3 is 1. The van der Waals surface area contributed by atoms with Gasteiger partial charge in [-0.1, -0.05) is 0 Å². The normalized spacial score (nSPS) is 21.4. The molecule has 0 radical (unpaired) electrons. The van der Waals surface area contributed by atoms with Crippen molar-refractivity contribution in [2.24, 2.45) is 0 Å². The molecule has 0 amide bonds. The van der Waals surface area contributed by atoms with Gasteiger partial charge < -0.3 is 10.5 Å². The smallest absolute Gasteiger partial charge is 0.215 e. The van der Waals surface area contributed by atoms with Crippen LogP contribution in [0.2, 0.25) is 0 Å². The molecule has 0 aromatic carbocycles.